The zero-order chi connectivity index (χ0) is 19.7. The molecule has 0 radical (unpaired) electrons. The number of likely N-dealkylation sites (tertiary alicyclic amines) is 1. The molecule has 6 heteroatoms. The topological polar surface area (TPSA) is 90.2 Å². The van der Waals surface area contributed by atoms with Gasteiger partial charge in [-0.1, -0.05) is 19.1 Å². The molecule has 1 aromatic carbocycles. The Hall–Kier alpha value is -2.18. The first-order valence-corrected chi connectivity index (χ1v) is 10.5. The number of rotatable bonds is 5. The summed E-state index contributed by atoms with van der Waals surface area (Å²) in [6.07, 6.45) is 7.53. The van der Waals surface area contributed by atoms with Crippen LogP contribution in [-0.4, -0.2) is 39.6 Å². The maximum Gasteiger partial charge on any atom is 0.354 e. The van der Waals surface area contributed by atoms with Gasteiger partial charge in [-0.2, -0.15) is 4.98 Å². The van der Waals surface area contributed by atoms with E-state index in [2.05, 4.69) is 28.9 Å². The summed E-state index contributed by atoms with van der Waals surface area (Å²) < 4.78 is 1.52. The zero-order valence-electron chi connectivity index (χ0n) is 16.6. The van der Waals surface area contributed by atoms with E-state index in [4.69, 9.17) is 11.5 Å². The van der Waals surface area contributed by atoms with E-state index >= 15 is 0 Å². The van der Waals surface area contributed by atoms with Gasteiger partial charge in [-0.25, -0.2) is 4.79 Å². The second-order valence-corrected chi connectivity index (χ2v) is 8.48. The first-order chi connectivity index (χ1) is 13.5. The highest BCUT2D eigenvalue weighted by atomic mass is 16.1. The fourth-order valence-corrected chi connectivity index (χ4v) is 5.01. The Morgan fingerprint density at radius 2 is 1.89 bits per heavy atom. The highest BCUT2D eigenvalue weighted by molar-refractivity contribution is 5.36. The first-order valence-electron chi connectivity index (χ1n) is 10.5. The maximum absolute atomic E-state index is 12.0. The summed E-state index contributed by atoms with van der Waals surface area (Å²) in [4.78, 5) is 18.5. The summed E-state index contributed by atoms with van der Waals surface area (Å²) in [6.45, 7) is 4.70. The van der Waals surface area contributed by atoms with Crippen LogP contribution in [0.5, 0.6) is 0 Å². The Morgan fingerprint density at radius 3 is 2.61 bits per heavy atom. The quantitative estimate of drug-likeness (QED) is 0.829. The van der Waals surface area contributed by atoms with Crippen LogP contribution < -0.4 is 17.2 Å². The van der Waals surface area contributed by atoms with Crippen molar-refractivity contribution in [3.8, 4) is 5.69 Å². The second kappa shape index (κ2) is 8.05. The van der Waals surface area contributed by atoms with Gasteiger partial charge in [0.2, 0.25) is 0 Å². The Kier molecular flexibility index (Phi) is 5.51. The molecule has 1 aliphatic carbocycles. The molecule has 28 heavy (non-hydrogen) atoms. The molecule has 6 nitrogen and oxygen atoms in total. The van der Waals surface area contributed by atoms with Crippen LogP contribution in [0.25, 0.3) is 5.69 Å². The van der Waals surface area contributed by atoms with E-state index in [9.17, 15) is 4.79 Å². The molecule has 1 saturated heterocycles. The Labute approximate surface area is 166 Å². The molecule has 4 unspecified atom stereocenters. The van der Waals surface area contributed by atoms with Crippen molar-refractivity contribution < 1.29 is 0 Å². The molecule has 0 amide bonds. The standard InChI is InChI=1S/C22H31N5O/c1-2-19(26-13-16-5-6-18(23)12-17(16)14-26)11-15-3-7-20(8-4-15)27-10-9-21(24)25-22(27)28/h3-4,7-10,16-19H,2,5-6,11-14,23H2,1H3,(H2,24,25,28). The minimum atomic E-state index is -0.350. The van der Waals surface area contributed by atoms with Crippen LogP contribution in [0, 0.1) is 11.8 Å². The minimum absolute atomic E-state index is 0.246. The largest absolute Gasteiger partial charge is 0.383 e. The maximum atomic E-state index is 12.0. The van der Waals surface area contributed by atoms with Gasteiger partial charge in [0.1, 0.15) is 5.82 Å². The van der Waals surface area contributed by atoms with Gasteiger partial charge in [-0.15, -0.1) is 0 Å². The molecule has 150 valence electrons. The summed E-state index contributed by atoms with van der Waals surface area (Å²) in [6, 6.07) is 10.8. The number of nitrogens with zero attached hydrogens (tertiary/aromatic N) is 3. The molecule has 1 saturated carbocycles. The smallest absolute Gasteiger partial charge is 0.354 e. The molecule has 2 fully saturated rings. The van der Waals surface area contributed by atoms with E-state index < -0.39 is 0 Å². The van der Waals surface area contributed by atoms with Gasteiger partial charge < -0.3 is 11.5 Å². The number of nitrogen functional groups attached to an aromatic ring is 1. The van der Waals surface area contributed by atoms with Crippen molar-refractivity contribution in [1.29, 1.82) is 0 Å². The zero-order valence-corrected chi connectivity index (χ0v) is 16.6. The van der Waals surface area contributed by atoms with Gasteiger partial charge in [0, 0.05) is 31.4 Å². The number of benzene rings is 1. The number of aromatic nitrogens is 2. The normalized spacial score (nSPS) is 26.1. The van der Waals surface area contributed by atoms with Crippen molar-refractivity contribution >= 4 is 5.82 Å². The molecular formula is C22H31N5O. The summed E-state index contributed by atoms with van der Waals surface area (Å²) in [5.74, 6) is 1.86. The summed E-state index contributed by atoms with van der Waals surface area (Å²) in [7, 11) is 0. The number of anilines is 1. The molecule has 2 aliphatic rings. The number of hydrogen-bond donors (Lipinski definition) is 2. The Balaban J connectivity index is 1.44. The first kappa shape index (κ1) is 19.2. The fraction of sp³-hybridized carbons (Fsp3) is 0.545. The third kappa shape index (κ3) is 3.98. The molecule has 4 atom stereocenters. The molecule has 1 aliphatic heterocycles. The molecule has 4 N–H and O–H groups in total. The van der Waals surface area contributed by atoms with E-state index in [0.717, 1.165) is 30.4 Å². The highest BCUT2D eigenvalue weighted by Gasteiger charge is 2.38. The molecule has 2 aromatic rings. The van der Waals surface area contributed by atoms with Crippen LogP contribution >= 0.6 is 0 Å². The van der Waals surface area contributed by atoms with Crippen molar-refractivity contribution in [3.63, 3.8) is 0 Å². The number of fused-ring (bicyclic) bond motifs is 1. The minimum Gasteiger partial charge on any atom is -0.383 e. The lowest BCUT2D eigenvalue weighted by Crippen LogP contribution is -2.35. The molecule has 0 bridgehead atoms. The highest BCUT2D eigenvalue weighted by Crippen LogP contribution is 2.37. The SMILES string of the molecule is CCC(Cc1ccc(-n2ccc(N)nc2=O)cc1)N1CC2CCC(N)CC2C1. The van der Waals surface area contributed by atoms with Crippen LogP contribution in [0.15, 0.2) is 41.3 Å². The van der Waals surface area contributed by atoms with Crippen molar-refractivity contribution in [1.82, 2.24) is 14.5 Å². The molecular weight excluding hydrogens is 350 g/mol. The van der Waals surface area contributed by atoms with E-state index in [1.54, 1.807) is 12.3 Å². The van der Waals surface area contributed by atoms with Gasteiger partial charge in [0.15, 0.2) is 0 Å². The fourth-order valence-electron chi connectivity index (χ4n) is 5.01. The molecule has 2 heterocycles. The number of nitrogens with two attached hydrogens (primary N) is 2. The lowest BCUT2D eigenvalue weighted by molar-refractivity contribution is 0.222. The molecule has 0 spiro atoms. The van der Waals surface area contributed by atoms with Gasteiger partial charge in [-0.3, -0.25) is 9.47 Å². The van der Waals surface area contributed by atoms with Gasteiger partial charge in [0.25, 0.3) is 0 Å². The van der Waals surface area contributed by atoms with Crippen molar-refractivity contribution in [2.24, 2.45) is 17.6 Å². The van der Waals surface area contributed by atoms with Crippen LogP contribution in [0.2, 0.25) is 0 Å². The average molecular weight is 382 g/mol. The monoisotopic (exact) mass is 381 g/mol. The van der Waals surface area contributed by atoms with Gasteiger partial charge in [0.05, 0.1) is 5.69 Å². The van der Waals surface area contributed by atoms with E-state index in [1.807, 2.05) is 12.1 Å². The predicted molar refractivity (Wildman–Crippen MR) is 112 cm³/mol. The summed E-state index contributed by atoms with van der Waals surface area (Å²) >= 11 is 0. The predicted octanol–water partition coefficient (Wildman–Crippen LogP) is 2.20. The lowest BCUT2D eigenvalue weighted by atomic mass is 9.79. The third-order valence-electron chi connectivity index (χ3n) is 6.62. The van der Waals surface area contributed by atoms with Crippen molar-refractivity contribution in [2.45, 2.75) is 51.1 Å². The lowest BCUT2D eigenvalue weighted by Gasteiger charge is -2.28. The average Bonchev–Trinajstić information content (AvgIpc) is 3.09. The van der Waals surface area contributed by atoms with Gasteiger partial charge >= 0.3 is 5.69 Å². The van der Waals surface area contributed by atoms with E-state index in [1.165, 1.54) is 42.5 Å². The van der Waals surface area contributed by atoms with E-state index in [-0.39, 0.29) is 11.5 Å². The van der Waals surface area contributed by atoms with Crippen molar-refractivity contribution in [3.05, 3.63) is 52.6 Å². The van der Waals surface area contributed by atoms with Crippen LogP contribution in [0.4, 0.5) is 5.82 Å². The van der Waals surface area contributed by atoms with Crippen LogP contribution in [0.3, 0.4) is 0 Å². The number of hydrogen-bond acceptors (Lipinski definition) is 5. The van der Waals surface area contributed by atoms with E-state index in [0.29, 0.717) is 12.1 Å². The van der Waals surface area contributed by atoms with Gasteiger partial charge in [-0.05, 0) is 67.7 Å². The second-order valence-electron chi connectivity index (χ2n) is 8.48. The van der Waals surface area contributed by atoms with Crippen molar-refractivity contribution in [2.75, 3.05) is 18.8 Å². The van der Waals surface area contributed by atoms with Crippen LogP contribution in [0.1, 0.15) is 38.2 Å². The Bertz CT molecular complexity index is 862. The Morgan fingerprint density at radius 1 is 1.14 bits per heavy atom. The molecule has 1 aromatic heterocycles. The van der Waals surface area contributed by atoms with Crippen LogP contribution in [-0.2, 0) is 6.42 Å². The molecule has 4 rings (SSSR count). The summed E-state index contributed by atoms with van der Waals surface area (Å²) in [5.41, 5.74) is 13.5. The summed E-state index contributed by atoms with van der Waals surface area (Å²) in [5, 5.41) is 0. The third-order valence-corrected chi connectivity index (χ3v) is 6.62.